The van der Waals surface area contributed by atoms with Gasteiger partial charge in [-0.3, -0.25) is 0 Å². The Morgan fingerprint density at radius 3 is 1.00 bits per heavy atom. The molecule has 18 heavy (non-hydrogen) atoms. The maximum absolute atomic E-state index is 10.8. The lowest BCUT2D eigenvalue weighted by Crippen LogP contribution is -2.72. The molecule has 1 rings (SSSR count). The molecule has 0 aromatic rings. The average Bonchev–Trinajstić information content (AvgIpc) is 2.36. The molecule has 0 saturated heterocycles. The van der Waals surface area contributed by atoms with E-state index in [4.69, 9.17) is 0 Å². The van der Waals surface area contributed by atoms with E-state index in [9.17, 15) is 10.2 Å². The first-order valence-electron chi connectivity index (χ1n) is 7.91. The molecule has 0 aromatic carbocycles. The summed E-state index contributed by atoms with van der Waals surface area (Å²) in [5.74, 6) is 0. The predicted molar refractivity (Wildman–Crippen MR) is 76.5 cm³/mol. The molecule has 1 fully saturated rings. The van der Waals surface area contributed by atoms with Crippen molar-refractivity contribution in [2.24, 2.45) is 10.8 Å². The van der Waals surface area contributed by atoms with Crippen LogP contribution in [0.5, 0.6) is 0 Å². The molecule has 0 unspecified atom stereocenters. The SMILES string of the molecule is CCCC1(CCC)C(O)C(CCC)(CCC)C1O. The highest BCUT2D eigenvalue weighted by atomic mass is 16.3. The van der Waals surface area contributed by atoms with E-state index in [1.807, 2.05) is 0 Å². The van der Waals surface area contributed by atoms with Gasteiger partial charge in [0.1, 0.15) is 0 Å². The van der Waals surface area contributed by atoms with Crippen molar-refractivity contribution in [1.82, 2.24) is 0 Å². The van der Waals surface area contributed by atoms with Gasteiger partial charge in [0.2, 0.25) is 0 Å². The largest absolute Gasteiger partial charge is 0.392 e. The van der Waals surface area contributed by atoms with Gasteiger partial charge in [-0.1, -0.05) is 53.4 Å². The molecular formula is C16H32O2. The Labute approximate surface area is 113 Å². The zero-order chi connectivity index (χ0) is 13.8. The minimum absolute atomic E-state index is 0.214. The molecule has 108 valence electrons. The molecule has 2 N–H and O–H groups in total. The third kappa shape index (κ3) is 2.22. The summed E-state index contributed by atoms with van der Waals surface area (Å²) in [7, 11) is 0. The maximum atomic E-state index is 10.8. The van der Waals surface area contributed by atoms with Gasteiger partial charge in [0, 0.05) is 10.8 Å². The van der Waals surface area contributed by atoms with Crippen LogP contribution in [0, 0.1) is 10.8 Å². The second kappa shape index (κ2) is 6.38. The van der Waals surface area contributed by atoms with Crippen molar-refractivity contribution in [3.63, 3.8) is 0 Å². The highest BCUT2D eigenvalue weighted by Gasteiger charge is 2.67. The standard InChI is InChI=1S/C16H32O2/c1-5-9-15(10-6-2)13(17)16(11-7-3,12-8-4)14(15)18/h13-14,17-18H,5-12H2,1-4H3. The van der Waals surface area contributed by atoms with Gasteiger partial charge in [0.15, 0.2) is 0 Å². The van der Waals surface area contributed by atoms with Crippen molar-refractivity contribution in [1.29, 1.82) is 0 Å². The first-order chi connectivity index (χ1) is 8.55. The molecule has 1 aliphatic rings. The number of rotatable bonds is 8. The lowest BCUT2D eigenvalue weighted by molar-refractivity contribution is -0.289. The summed E-state index contributed by atoms with van der Waals surface area (Å²) in [6.45, 7) is 8.60. The van der Waals surface area contributed by atoms with Crippen LogP contribution in [-0.2, 0) is 0 Å². The quantitative estimate of drug-likeness (QED) is 0.691. The van der Waals surface area contributed by atoms with Crippen LogP contribution < -0.4 is 0 Å². The van der Waals surface area contributed by atoms with Crippen LogP contribution >= 0.6 is 0 Å². The van der Waals surface area contributed by atoms with E-state index >= 15 is 0 Å². The van der Waals surface area contributed by atoms with Crippen LogP contribution in [0.25, 0.3) is 0 Å². The smallest absolute Gasteiger partial charge is 0.0702 e. The van der Waals surface area contributed by atoms with Crippen molar-refractivity contribution in [3.05, 3.63) is 0 Å². The van der Waals surface area contributed by atoms with Gasteiger partial charge in [-0.25, -0.2) is 0 Å². The van der Waals surface area contributed by atoms with Crippen molar-refractivity contribution in [2.45, 2.75) is 91.3 Å². The molecule has 0 amide bonds. The molecule has 0 aliphatic heterocycles. The minimum atomic E-state index is -0.306. The number of hydrogen-bond donors (Lipinski definition) is 2. The van der Waals surface area contributed by atoms with E-state index in [2.05, 4.69) is 27.7 Å². The van der Waals surface area contributed by atoms with Gasteiger partial charge < -0.3 is 10.2 Å². The second-order valence-corrected chi connectivity index (χ2v) is 6.27. The highest BCUT2D eigenvalue weighted by Crippen LogP contribution is 2.63. The first kappa shape index (κ1) is 16.0. The Balaban J connectivity index is 2.93. The van der Waals surface area contributed by atoms with Crippen LogP contribution in [0.4, 0.5) is 0 Å². The zero-order valence-corrected chi connectivity index (χ0v) is 12.7. The van der Waals surface area contributed by atoms with Crippen LogP contribution in [-0.4, -0.2) is 22.4 Å². The van der Waals surface area contributed by atoms with Crippen LogP contribution in [0.1, 0.15) is 79.1 Å². The summed E-state index contributed by atoms with van der Waals surface area (Å²) >= 11 is 0. The predicted octanol–water partition coefficient (Wildman–Crippen LogP) is 3.90. The zero-order valence-electron chi connectivity index (χ0n) is 12.7. The van der Waals surface area contributed by atoms with Crippen LogP contribution in [0.15, 0.2) is 0 Å². The fourth-order valence-electron chi connectivity index (χ4n) is 4.55. The second-order valence-electron chi connectivity index (χ2n) is 6.27. The van der Waals surface area contributed by atoms with E-state index < -0.39 is 0 Å². The third-order valence-electron chi connectivity index (χ3n) is 5.04. The molecule has 0 atom stereocenters. The van der Waals surface area contributed by atoms with E-state index in [0.717, 1.165) is 51.4 Å². The van der Waals surface area contributed by atoms with Crippen molar-refractivity contribution in [3.8, 4) is 0 Å². The number of aliphatic hydroxyl groups excluding tert-OH is 2. The van der Waals surface area contributed by atoms with E-state index in [1.54, 1.807) is 0 Å². The summed E-state index contributed by atoms with van der Waals surface area (Å²) in [4.78, 5) is 0. The Hall–Kier alpha value is -0.0800. The average molecular weight is 256 g/mol. The monoisotopic (exact) mass is 256 g/mol. The molecule has 2 heteroatoms. The molecule has 1 saturated carbocycles. The highest BCUT2D eigenvalue weighted by molar-refractivity contribution is 5.16. The lowest BCUT2D eigenvalue weighted by atomic mass is 9.43. The van der Waals surface area contributed by atoms with Crippen molar-refractivity contribution >= 4 is 0 Å². The Kier molecular flexibility index (Phi) is 5.67. The van der Waals surface area contributed by atoms with E-state index in [-0.39, 0.29) is 23.0 Å². The third-order valence-corrected chi connectivity index (χ3v) is 5.04. The van der Waals surface area contributed by atoms with Gasteiger partial charge in [-0.05, 0) is 25.7 Å². The van der Waals surface area contributed by atoms with Crippen molar-refractivity contribution in [2.75, 3.05) is 0 Å². The van der Waals surface area contributed by atoms with Crippen LogP contribution in [0.2, 0.25) is 0 Å². The van der Waals surface area contributed by atoms with Gasteiger partial charge >= 0.3 is 0 Å². The summed E-state index contributed by atoms with van der Waals surface area (Å²) < 4.78 is 0. The van der Waals surface area contributed by atoms with E-state index in [1.165, 1.54) is 0 Å². The number of hydrogen-bond acceptors (Lipinski definition) is 2. The van der Waals surface area contributed by atoms with Crippen molar-refractivity contribution < 1.29 is 10.2 Å². The Morgan fingerprint density at radius 1 is 0.611 bits per heavy atom. The molecule has 1 aliphatic carbocycles. The summed E-state index contributed by atoms with van der Waals surface area (Å²) in [5, 5.41) is 21.6. The van der Waals surface area contributed by atoms with Crippen LogP contribution in [0.3, 0.4) is 0 Å². The molecule has 0 bridgehead atoms. The maximum Gasteiger partial charge on any atom is 0.0702 e. The summed E-state index contributed by atoms with van der Waals surface area (Å²) in [5.41, 5.74) is -0.429. The normalized spacial score (nSPS) is 29.0. The number of aliphatic hydroxyl groups is 2. The van der Waals surface area contributed by atoms with Gasteiger partial charge in [0.05, 0.1) is 12.2 Å². The topological polar surface area (TPSA) is 40.5 Å². The molecule has 2 nitrogen and oxygen atoms in total. The first-order valence-corrected chi connectivity index (χ1v) is 7.91. The molecular weight excluding hydrogens is 224 g/mol. The molecule has 0 aromatic heterocycles. The summed E-state index contributed by atoms with van der Waals surface area (Å²) in [6.07, 6.45) is 7.39. The molecule has 0 spiro atoms. The fraction of sp³-hybridized carbons (Fsp3) is 1.00. The Morgan fingerprint density at radius 2 is 0.833 bits per heavy atom. The minimum Gasteiger partial charge on any atom is -0.392 e. The van der Waals surface area contributed by atoms with E-state index in [0.29, 0.717) is 0 Å². The summed E-state index contributed by atoms with van der Waals surface area (Å²) in [6, 6.07) is 0. The van der Waals surface area contributed by atoms with Gasteiger partial charge in [-0.15, -0.1) is 0 Å². The fourth-order valence-corrected chi connectivity index (χ4v) is 4.55. The Bertz CT molecular complexity index is 199. The molecule has 0 heterocycles. The molecule has 0 radical (unpaired) electrons. The lowest BCUT2D eigenvalue weighted by Gasteiger charge is -2.65. The van der Waals surface area contributed by atoms with Gasteiger partial charge in [-0.2, -0.15) is 0 Å². The van der Waals surface area contributed by atoms with Gasteiger partial charge in [0.25, 0.3) is 0 Å².